The first-order chi connectivity index (χ1) is 12.1. The topological polar surface area (TPSA) is 66.8 Å². The maximum absolute atomic E-state index is 12.9. The molecule has 0 bridgehead atoms. The van der Waals surface area contributed by atoms with Crippen molar-refractivity contribution in [2.24, 2.45) is 5.92 Å². The molecule has 1 N–H and O–H groups in total. The van der Waals surface area contributed by atoms with Gasteiger partial charge in [-0.05, 0) is 17.5 Å². The van der Waals surface area contributed by atoms with E-state index >= 15 is 0 Å². The summed E-state index contributed by atoms with van der Waals surface area (Å²) in [5.41, 5.74) is 1.46. The number of nitrogens with zero attached hydrogens (tertiary/aromatic N) is 1. The van der Waals surface area contributed by atoms with Crippen molar-refractivity contribution in [2.75, 3.05) is 12.9 Å². The molecule has 2 unspecified atom stereocenters. The van der Waals surface area contributed by atoms with E-state index in [-0.39, 0.29) is 5.75 Å². The number of carbonyl (C=O) groups is 2. The molecule has 0 aromatic heterocycles. The lowest BCUT2D eigenvalue weighted by Gasteiger charge is -2.29. The summed E-state index contributed by atoms with van der Waals surface area (Å²) in [5.74, 6) is -1.76. The third kappa shape index (κ3) is 4.84. The lowest BCUT2D eigenvalue weighted by Crippen LogP contribution is -2.42. The normalized spacial score (nSPS) is 13.0. The Morgan fingerprint density at radius 3 is 2.12 bits per heavy atom. The SMILES string of the molecule is CON(C(=O)C(CS)Cc1ccccc1)C(C(=O)O)c1ccccc1. The molecule has 132 valence electrons. The number of carbonyl (C=O) groups excluding carboxylic acids is 1. The third-order valence-corrected chi connectivity index (χ3v) is 4.33. The van der Waals surface area contributed by atoms with Gasteiger partial charge in [-0.2, -0.15) is 12.6 Å². The lowest BCUT2D eigenvalue weighted by atomic mass is 9.98. The summed E-state index contributed by atoms with van der Waals surface area (Å²) in [6, 6.07) is 16.9. The van der Waals surface area contributed by atoms with Gasteiger partial charge in [-0.3, -0.25) is 9.63 Å². The molecule has 5 nitrogen and oxygen atoms in total. The third-order valence-electron chi connectivity index (χ3n) is 3.89. The molecule has 6 heteroatoms. The van der Waals surface area contributed by atoms with E-state index in [1.54, 1.807) is 30.3 Å². The molecule has 0 aliphatic heterocycles. The van der Waals surface area contributed by atoms with Crippen LogP contribution in [0.25, 0.3) is 0 Å². The molecular formula is C19H21NO4S. The van der Waals surface area contributed by atoms with Crippen molar-refractivity contribution in [1.29, 1.82) is 0 Å². The van der Waals surface area contributed by atoms with Gasteiger partial charge < -0.3 is 5.11 Å². The van der Waals surface area contributed by atoms with Crippen molar-refractivity contribution in [1.82, 2.24) is 5.06 Å². The quantitative estimate of drug-likeness (QED) is 0.562. The van der Waals surface area contributed by atoms with Crippen LogP contribution in [0.3, 0.4) is 0 Å². The van der Waals surface area contributed by atoms with Gasteiger partial charge in [0.15, 0.2) is 6.04 Å². The minimum Gasteiger partial charge on any atom is -0.479 e. The Hall–Kier alpha value is -2.31. The maximum Gasteiger partial charge on any atom is 0.333 e. The summed E-state index contributed by atoms with van der Waals surface area (Å²) < 4.78 is 0. The highest BCUT2D eigenvalue weighted by Gasteiger charge is 2.35. The highest BCUT2D eigenvalue weighted by atomic mass is 32.1. The fraction of sp³-hybridized carbons (Fsp3) is 0.263. The Labute approximate surface area is 152 Å². The first-order valence-electron chi connectivity index (χ1n) is 7.88. The van der Waals surface area contributed by atoms with Crippen molar-refractivity contribution in [3.05, 3.63) is 71.8 Å². The van der Waals surface area contributed by atoms with Crippen molar-refractivity contribution in [3.63, 3.8) is 0 Å². The van der Waals surface area contributed by atoms with Crippen molar-refractivity contribution >= 4 is 24.5 Å². The number of benzene rings is 2. The number of hydrogen-bond donors (Lipinski definition) is 2. The molecule has 2 atom stereocenters. The predicted molar refractivity (Wildman–Crippen MR) is 98.2 cm³/mol. The summed E-state index contributed by atoms with van der Waals surface area (Å²) in [5, 5.41) is 10.6. The zero-order chi connectivity index (χ0) is 18.2. The first-order valence-corrected chi connectivity index (χ1v) is 8.51. The van der Waals surface area contributed by atoms with E-state index in [1.165, 1.54) is 7.11 Å². The minimum absolute atomic E-state index is 0.286. The lowest BCUT2D eigenvalue weighted by molar-refractivity contribution is -0.200. The van der Waals surface area contributed by atoms with Crippen LogP contribution in [0.5, 0.6) is 0 Å². The molecule has 0 aliphatic carbocycles. The second-order valence-electron chi connectivity index (χ2n) is 5.57. The summed E-state index contributed by atoms with van der Waals surface area (Å²) in [6.45, 7) is 0. The number of thiol groups is 1. The van der Waals surface area contributed by atoms with Gasteiger partial charge in [0.1, 0.15) is 0 Å². The van der Waals surface area contributed by atoms with Crippen LogP contribution < -0.4 is 0 Å². The largest absolute Gasteiger partial charge is 0.479 e. The number of hydroxylamine groups is 2. The summed E-state index contributed by atoms with van der Waals surface area (Å²) in [7, 11) is 1.30. The number of amides is 1. The maximum atomic E-state index is 12.9. The van der Waals surface area contributed by atoms with Crippen LogP contribution in [0.1, 0.15) is 17.2 Å². The molecule has 0 spiro atoms. The van der Waals surface area contributed by atoms with Crippen LogP contribution in [0.4, 0.5) is 0 Å². The van der Waals surface area contributed by atoms with E-state index in [4.69, 9.17) is 4.84 Å². The van der Waals surface area contributed by atoms with Crippen molar-refractivity contribution < 1.29 is 19.5 Å². The number of carboxylic acid groups (broad SMARTS) is 1. The standard InChI is InChI=1S/C19H21NO4S/c1-24-20(17(19(22)23)15-10-6-3-7-11-15)18(21)16(13-25)12-14-8-4-2-5-9-14/h2-11,16-17,25H,12-13H2,1H3,(H,22,23). The van der Waals surface area contributed by atoms with E-state index in [1.807, 2.05) is 30.3 Å². The van der Waals surface area contributed by atoms with Crippen LogP contribution in [-0.2, 0) is 20.8 Å². The molecule has 0 saturated heterocycles. The van der Waals surface area contributed by atoms with E-state index in [0.29, 0.717) is 12.0 Å². The second-order valence-corrected chi connectivity index (χ2v) is 5.93. The van der Waals surface area contributed by atoms with Gasteiger partial charge in [0.2, 0.25) is 0 Å². The Morgan fingerprint density at radius 1 is 1.08 bits per heavy atom. The van der Waals surface area contributed by atoms with Crippen molar-refractivity contribution in [2.45, 2.75) is 12.5 Å². The van der Waals surface area contributed by atoms with Gasteiger partial charge in [-0.15, -0.1) is 0 Å². The molecule has 0 fully saturated rings. The van der Waals surface area contributed by atoms with Gasteiger partial charge in [0, 0.05) is 5.75 Å². The second kappa shape index (κ2) is 9.25. The average molecular weight is 359 g/mol. The average Bonchev–Trinajstić information content (AvgIpc) is 2.64. The van der Waals surface area contributed by atoms with E-state index in [0.717, 1.165) is 10.6 Å². The Balaban J connectivity index is 2.26. The number of carboxylic acids is 1. The van der Waals surface area contributed by atoms with E-state index < -0.39 is 23.8 Å². The molecule has 1 amide bonds. The summed E-state index contributed by atoms with van der Waals surface area (Å²) in [6.07, 6.45) is 0.462. The Bertz CT molecular complexity index is 693. The first kappa shape index (κ1) is 19.0. The van der Waals surface area contributed by atoms with E-state index in [2.05, 4.69) is 12.6 Å². The summed E-state index contributed by atoms with van der Waals surface area (Å²) in [4.78, 5) is 29.9. The number of hydrogen-bond acceptors (Lipinski definition) is 4. The smallest absolute Gasteiger partial charge is 0.333 e. The molecule has 2 aromatic rings. The zero-order valence-electron chi connectivity index (χ0n) is 13.9. The minimum atomic E-state index is -1.21. The molecule has 0 radical (unpaired) electrons. The van der Waals surface area contributed by atoms with Crippen LogP contribution >= 0.6 is 12.6 Å². The van der Waals surface area contributed by atoms with Crippen LogP contribution in [-0.4, -0.2) is 34.9 Å². The van der Waals surface area contributed by atoms with Gasteiger partial charge in [0.05, 0.1) is 13.0 Å². The highest BCUT2D eigenvalue weighted by Crippen LogP contribution is 2.25. The van der Waals surface area contributed by atoms with Crippen LogP contribution in [0, 0.1) is 5.92 Å². The molecule has 2 rings (SSSR count). The fourth-order valence-corrected chi connectivity index (χ4v) is 2.93. The molecule has 2 aromatic carbocycles. The predicted octanol–water partition coefficient (Wildman–Crippen LogP) is 2.99. The highest BCUT2D eigenvalue weighted by molar-refractivity contribution is 7.80. The Kier molecular flexibility index (Phi) is 7.03. The van der Waals surface area contributed by atoms with Gasteiger partial charge in [-0.1, -0.05) is 60.7 Å². The molecule has 0 aliphatic rings. The Morgan fingerprint density at radius 2 is 1.64 bits per heavy atom. The van der Waals surface area contributed by atoms with Crippen LogP contribution in [0.2, 0.25) is 0 Å². The molecule has 25 heavy (non-hydrogen) atoms. The molecule has 0 heterocycles. The molecular weight excluding hydrogens is 338 g/mol. The van der Waals surface area contributed by atoms with Gasteiger partial charge in [-0.25, -0.2) is 9.86 Å². The fourth-order valence-electron chi connectivity index (χ4n) is 2.64. The summed E-state index contributed by atoms with van der Waals surface area (Å²) >= 11 is 4.28. The van der Waals surface area contributed by atoms with E-state index in [9.17, 15) is 14.7 Å². The number of aliphatic carboxylic acids is 1. The van der Waals surface area contributed by atoms with Gasteiger partial charge in [0.25, 0.3) is 5.91 Å². The number of rotatable bonds is 8. The van der Waals surface area contributed by atoms with Gasteiger partial charge >= 0.3 is 5.97 Å². The van der Waals surface area contributed by atoms with Crippen molar-refractivity contribution in [3.8, 4) is 0 Å². The molecule has 0 saturated carbocycles. The van der Waals surface area contributed by atoms with Crippen LogP contribution in [0.15, 0.2) is 60.7 Å². The zero-order valence-corrected chi connectivity index (χ0v) is 14.8. The monoisotopic (exact) mass is 359 g/mol.